The van der Waals surface area contributed by atoms with Gasteiger partial charge in [0.1, 0.15) is 0 Å². The van der Waals surface area contributed by atoms with Crippen LogP contribution in [0.25, 0.3) is 0 Å². The summed E-state index contributed by atoms with van der Waals surface area (Å²) in [5.74, 6) is -0.976. The maximum absolute atomic E-state index is 13.8. The Morgan fingerprint density at radius 1 is 1.35 bits per heavy atom. The van der Waals surface area contributed by atoms with Gasteiger partial charge in [0.15, 0.2) is 11.6 Å². The molecule has 1 saturated carbocycles. The van der Waals surface area contributed by atoms with Crippen LogP contribution >= 0.6 is 0 Å². The van der Waals surface area contributed by atoms with Crippen LogP contribution in [0.1, 0.15) is 44.2 Å². The van der Waals surface area contributed by atoms with Gasteiger partial charge in [0.25, 0.3) is 0 Å². The summed E-state index contributed by atoms with van der Waals surface area (Å²) >= 11 is 0. The molecule has 1 nitrogen and oxygen atoms in total. The quantitative estimate of drug-likeness (QED) is 0.824. The fourth-order valence-corrected chi connectivity index (χ4v) is 2.36. The monoisotopic (exact) mass is 239 g/mol. The lowest BCUT2D eigenvalue weighted by molar-refractivity contribution is 0.226. The topological polar surface area (TPSA) is 12.0 Å². The van der Waals surface area contributed by atoms with E-state index in [-0.39, 0.29) is 6.04 Å². The van der Waals surface area contributed by atoms with Crippen molar-refractivity contribution in [3.63, 3.8) is 0 Å². The summed E-state index contributed by atoms with van der Waals surface area (Å²) in [5, 5.41) is 3.35. The smallest absolute Gasteiger partial charge is 0.163 e. The summed E-state index contributed by atoms with van der Waals surface area (Å²) in [7, 11) is 0. The third kappa shape index (κ3) is 2.65. The van der Waals surface area contributed by atoms with E-state index in [0.29, 0.717) is 11.5 Å². The zero-order chi connectivity index (χ0) is 12.3. The van der Waals surface area contributed by atoms with Gasteiger partial charge in [-0.05, 0) is 37.8 Å². The molecular formula is C14H19F2N. The first-order valence-corrected chi connectivity index (χ1v) is 6.41. The van der Waals surface area contributed by atoms with E-state index in [9.17, 15) is 8.78 Å². The van der Waals surface area contributed by atoms with Crippen molar-refractivity contribution < 1.29 is 8.78 Å². The van der Waals surface area contributed by atoms with Gasteiger partial charge in [-0.1, -0.05) is 25.5 Å². The molecule has 0 saturated heterocycles. The van der Waals surface area contributed by atoms with Crippen LogP contribution in [-0.2, 0) is 0 Å². The lowest BCUT2D eigenvalue weighted by atomic mass is 9.77. The molecule has 0 radical (unpaired) electrons. The molecule has 0 heterocycles. The van der Waals surface area contributed by atoms with Gasteiger partial charge >= 0.3 is 0 Å². The van der Waals surface area contributed by atoms with Crippen LogP contribution in [0.3, 0.4) is 0 Å². The minimum absolute atomic E-state index is 0.0283. The Bertz CT molecular complexity index is 374. The molecule has 1 aromatic carbocycles. The molecule has 0 bridgehead atoms. The molecule has 1 aliphatic carbocycles. The van der Waals surface area contributed by atoms with Crippen LogP contribution < -0.4 is 5.32 Å². The van der Waals surface area contributed by atoms with E-state index in [0.717, 1.165) is 25.8 Å². The number of hydrogen-bond acceptors (Lipinski definition) is 1. The van der Waals surface area contributed by atoms with Crippen molar-refractivity contribution in [1.29, 1.82) is 0 Å². The lowest BCUT2D eigenvalue weighted by Gasteiger charge is -2.35. The van der Waals surface area contributed by atoms with Crippen molar-refractivity contribution in [2.75, 3.05) is 6.54 Å². The Balaban J connectivity index is 2.21. The van der Waals surface area contributed by atoms with Crippen molar-refractivity contribution in [2.24, 2.45) is 5.92 Å². The van der Waals surface area contributed by atoms with Crippen LogP contribution in [0.4, 0.5) is 8.78 Å². The van der Waals surface area contributed by atoms with Gasteiger partial charge < -0.3 is 5.32 Å². The van der Waals surface area contributed by atoms with Crippen LogP contribution in [0.5, 0.6) is 0 Å². The minimum atomic E-state index is -0.745. The van der Waals surface area contributed by atoms with E-state index in [1.54, 1.807) is 12.1 Å². The predicted octanol–water partition coefficient (Wildman–Crippen LogP) is 3.81. The highest BCUT2D eigenvalue weighted by molar-refractivity contribution is 5.23. The first-order chi connectivity index (χ1) is 8.24. The lowest BCUT2D eigenvalue weighted by Crippen LogP contribution is -2.33. The number of nitrogens with one attached hydrogen (secondary N) is 1. The number of rotatable bonds is 5. The van der Waals surface area contributed by atoms with Crippen molar-refractivity contribution in [3.8, 4) is 0 Å². The van der Waals surface area contributed by atoms with Gasteiger partial charge in [0, 0.05) is 11.6 Å². The third-order valence-corrected chi connectivity index (χ3v) is 3.55. The van der Waals surface area contributed by atoms with Gasteiger partial charge in [-0.25, -0.2) is 8.78 Å². The molecule has 1 fully saturated rings. The average molecular weight is 239 g/mol. The summed E-state index contributed by atoms with van der Waals surface area (Å²) in [6, 6.07) is 4.44. The van der Waals surface area contributed by atoms with Crippen molar-refractivity contribution in [2.45, 2.75) is 38.6 Å². The maximum Gasteiger partial charge on any atom is 0.163 e. The molecule has 1 aromatic rings. The van der Waals surface area contributed by atoms with Crippen molar-refractivity contribution in [3.05, 3.63) is 35.4 Å². The number of hydrogen-bond donors (Lipinski definition) is 1. The summed E-state index contributed by atoms with van der Waals surface area (Å²) in [6.07, 6.45) is 4.42. The van der Waals surface area contributed by atoms with Gasteiger partial charge in [-0.15, -0.1) is 0 Å². The standard InChI is InChI=1S/C14H19F2N/c1-2-9-17-14(10-5-3-6-10)11-7-4-8-12(15)13(11)16/h4,7-8,10,14,17H,2-3,5-6,9H2,1H3. The molecule has 1 unspecified atom stereocenters. The first-order valence-electron chi connectivity index (χ1n) is 6.41. The summed E-state index contributed by atoms with van der Waals surface area (Å²) in [6.45, 7) is 2.92. The molecule has 3 heteroatoms. The Hall–Kier alpha value is -0.960. The van der Waals surface area contributed by atoms with E-state index in [1.165, 1.54) is 12.5 Å². The molecule has 0 aromatic heterocycles. The fourth-order valence-electron chi connectivity index (χ4n) is 2.36. The molecule has 1 atom stereocenters. The van der Waals surface area contributed by atoms with Crippen molar-refractivity contribution in [1.82, 2.24) is 5.32 Å². The molecule has 2 rings (SSSR count). The van der Waals surface area contributed by atoms with E-state index in [1.807, 2.05) is 0 Å². The molecule has 0 aliphatic heterocycles. The zero-order valence-corrected chi connectivity index (χ0v) is 10.2. The molecule has 1 N–H and O–H groups in total. The Morgan fingerprint density at radius 2 is 2.12 bits per heavy atom. The molecule has 1 aliphatic rings. The SMILES string of the molecule is CCCNC(c1cccc(F)c1F)C1CCC1. The average Bonchev–Trinajstić information content (AvgIpc) is 2.26. The fraction of sp³-hybridized carbons (Fsp3) is 0.571. The molecule has 0 spiro atoms. The highest BCUT2D eigenvalue weighted by atomic mass is 19.2. The Labute approximate surface area is 101 Å². The summed E-state index contributed by atoms with van der Waals surface area (Å²) < 4.78 is 27.0. The van der Waals surface area contributed by atoms with Crippen LogP contribution in [0, 0.1) is 17.6 Å². The second kappa shape index (κ2) is 5.58. The molecule has 94 valence electrons. The summed E-state index contributed by atoms with van der Waals surface area (Å²) in [5.41, 5.74) is 0.489. The first kappa shape index (κ1) is 12.5. The molecule has 17 heavy (non-hydrogen) atoms. The summed E-state index contributed by atoms with van der Waals surface area (Å²) in [4.78, 5) is 0. The van der Waals surface area contributed by atoms with Crippen LogP contribution in [0.2, 0.25) is 0 Å². The third-order valence-electron chi connectivity index (χ3n) is 3.55. The molecular weight excluding hydrogens is 220 g/mol. The highest BCUT2D eigenvalue weighted by Gasteiger charge is 2.30. The zero-order valence-electron chi connectivity index (χ0n) is 10.2. The van der Waals surface area contributed by atoms with Gasteiger partial charge in [-0.3, -0.25) is 0 Å². The maximum atomic E-state index is 13.8. The Morgan fingerprint density at radius 3 is 2.71 bits per heavy atom. The van der Waals surface area contributed by atoms with E-state index in [4.69, 9.17) is 0 Å². The van der Waals surface area contributed by atoms with Gasteiger partial charge in [-0.2, -0.15) is 0 Å². The van der Waals surface area contributed by atoms with Crippen LogP contribution in [0.15, 0.2) is 18.2 Å². The largest absolute Gasteiger partial charge is 0.310 e. The normalized spacial score (nSPS) is 17.8. The second-order valence-corrected chi connectivity index (χ2v) is 4.77. The van der Waals surface area contributed by atoms with Crippen molar-refractivity contribution >= 4 is 0 Å². The Kier molecular flexibility index (Phi) is 4.11. The van der Waals surface area contributed by atoms with E-state index < -0.39 is 11.6 Å². The van der Waals surface area contributed by atoms with E-state index >= 15 is 0 Å². The minimum Gasteiger partial charge on any atom is -0.310 e. The van der Waals surface area contributed by atoms with Crippen LogP contribution in [-0.4, -0.2) is 6.54 Å². The van der Waals surface area contributed by atoms with Gasteiger partial charge in [0.05, 0.1) is 0 Å². The highest BCUT2D eigenvalue weighted by Crippen LogP contribution is 2.38. The number of halogens is 2. The predicted molar refractivity (Wildman–Crippen MR) is 64.7 cm³/mol. The van der Waals surface area contributed by atoms with Gasteiger partial charge in [0.2, 0.25) is 0 Å². The second-order valence-electron chi connectivity index (χ2n) is 4.77. The number of benzene rings is 1. The van der Waals surface area contributed by atoms with E-state index in [2.05, 4.69) is 12.2 Å². The molecule has 0 amide bonds.